The summed E-state index contributed by atoms with van der Waals surface area (Å²) in [7, 11) is 0. The quantitative estimate of drug-likeness (QED) is 0.338. The Morgan fingerprint density at radius 2 is 2.00 bits per heavy atom. The van der Waals surface area contributed by atoms with Gasteiger partial charge in [0, 0.05) is 6.42 Å². The predicted octanol–water partition coefficient (Wildman–Crippen LogP) is -1.51. The second kappa shape index (κ2) is 8.43. The van der Waals surface area contributed by atoms with Gasteiger partial charge in [-0.1, -0.05) is 0 Å². The van der Waals surface area contributed by atoms with E-state index in [1.807, 2.05) is 0 Å². The van der Waals surface area contributed by atoms with Crippen LogP contribution in [0.3, 0.4) is 0 Å². The number of rotatable bonds is 9. The molecule has 0 heterocycles. The third-order valence-electron chi connectivity index (χ3n) is 2.30. The van der Waals surface area contributed by atoms with Crippen LogP contribution in [-0.2, 0) is 14.4 Å². The molecule has 8 heteroatoms. The summed E-state index contributed by atoms with van der Waals surface area (Å²) in [5, 5.41) is 14.6. The summed E-state index contributed by atoms with van der Waals surface area (Å²) in [5.74, 6) is -2.63. The summed E-state index contributed by atoms with van der Waals surface area (Å²) >= 11 is 0. The highest BCUT2D eigenvalue weighted by Crippen LogP contribution is 2.00. The van der Waals surface area contributed by atoms with Gasteiger partial charge < -0.3 is 27.0 Å². The SMILES string of the molecule is [2H]OC(=O)[C@H](CCCN)NC(=O)[C@@H](N)CCC(=O)O. The van der Waals surface area contributed by atoms with Crippen LogP contribution in [0.2, 0.25) is 0 Å². The van der Waals surface area contributed by atoms with E-state index in [1.165, 1.54) is 0 Å². The standard InChI is InChI=1S/C10H19N3O5/c11-5-1-2-7(10(17)18)13-9(16)6(12)3-4-8(14)15/h6-7H,1-5,11-12H2,(H,13,16)(H,14,15)(H,17,18)/t6-,7-/m0/s1/i/hD. The maximum absolute atomic E-state index is 11.6. The first-order chi connectivity index (χ1) is 8.92. The molecule has 1 amide bonds. The first-order valence-corrected chi connectivity index (χ1v) is 5.57. The van der Waals surface area contributed by atoms with Crippen LogP contribution in [0, 0.1) is 0 Å². The zero-order valence-corrected chi connectivity index (χ0v) is 9.93. The highest BCUT2D eigenvalue weighted by molar-refractivity contribution is 5.87. The number of aliphatic carboxylic acids is 2. The smallest absolute Gasteiger partial charge is 0.326 e. The summed E-state index contributed by atoms with van der Waals surface area (Å²) < 4.78 is 6.52. The second-order valence-electron chi connectivity index (χ2n) is 3.85. The Balaban J connectivity index is 4.35. The van der Waals surface area contributed by atoms with Gasteiger partial charge in [0.05, 0.1) is 6.04 Å². The molecule has 2 atom stereocenters. The fourth-order valence-electron chi connectivity index (χ4n) is 1.26. The molecule has 0 aliphatic carbocycles. The summed E-state index contributed by atoms with van der Waals surface area (Å²) in [6.45, 7) is 0.322. The second-order valence-corrected chi connectivity index (χ2v) is 3.85. The van der Waals surface area contributed by atoms with Crippen LogP contribution in [0.5, 0.6) is 0 Å². The van der Waals surface area contributed by atoms with Gasteiger partial charge in [-0.05, 0) is 25.8 Å². The third-order valence-corrected chi connectivity index (χ3v) is 2.30. The van der Waals surface area contributed by atoms with Crippen molar-refractivity contribution in [3.05, 3.63) is 0 Å². The monoisotopic (exact) mass is 262 g/mol. The zero-order chi connectivity index (χ0) is 14.8. The van der Waals surface area contributed by atoms with E-state index in [0.717, 1.165) is 0 Å². The highest BCUT2D eigenvalue weighted by Gasteiger charge is 2.22. The number of carbonyl (C=O) groups is 3. The maximum Gasteiger partial charge on any atom is 0.326 e. The predicted molar refractivity (Wildman–Crippen MR) is 62.7 cm³/mol. The van der Waals surface area contributed by atoms with Gasteiger partial charge in [-0.3, -0.25) is 9.59 Å². The number of carboxylic acid groups (broad SMARTS) is 2. The van der Waals surface area contributed by atoms with E-state index in [1.54, 1.807) is 0 Å². The number of nitrogens with two attached hydrogens (primary N) is 2. The minimum Gasteiger partial charge on any atom is -0.481 e. The van der Waals surface area contributed by atoms with Crippen molar-refractivity contribution in [1.29, 1.82) is 1.43 Å². The molecule has 7 N–H and O–H groups in total. The van der Waals surface area contributed by atoms with Gasteiger partial charge in [0.2, 0.25) is 5.91 Å². The summed E-state index contributed by atoms with van der Waals surface area (Å²) in [4.78, 5) is 33.2. The summed E-state index contributed by atoms with van der Waals surface area (Å²) in [6, 6.07) is -2.03. The van der Waals surface area contributed by atoms with E-state index < -0.39 is 29.9 Å². The van der Waals surface area contributed by atoms with Crippen LogP contribution < -0.4 is 16.8 Å². The van der Waals surface area contributed by atoms with Crippen molar-refractivity contribution in [1.82, 2.24) is 5.32 Å². The Labute approximate surface area is 106 Å². The van der Waals surface area contributed by atoms with E-state index >= 15 is 0 Å². The van der Waals surface area contributed by atoms with Crippen molar-refractivity contribution >= 4 is 17.8 Å². The molecule has 0 radical (unpaired) electrons. The van der Waals surface area contributed by atoms with Crippen LogP contribution in [0.1, 0.15) is 25.7 Å². The lowest BCUT2D eigenvalue weighted by Crippen LogP contribution is -2.48. The van der Waals surface area contributed by atoms with E-state index in [9.17, 15) is 14.4 Å². The van der Waals surface area contributed by atoms with Crippen molar-refractivity contribution in [2.24, 2.45) is 11.5 Å². The molecule has 0 aliphatic rings. The molecule has 8 nitrogen and oxygen atoms in total. The van der Waals surface area contributed by atoms with E-state index in [2.05, 4.69) is 10.4 Å². The van der Waals surface area contributed by atoms with Gasteiger partial charge in [0.1, 0.15) is 6.04 Å². The van der Waals surface area contributed by atoms with Crippen LogP contribution in [0.15, 0.2) is 0 Å². The Kier molecular flexibility index (Phi) is 6.74. The molecular formula is C10H19N3O5. The van der Waals surface area contributed by atoms with Crippen molar-refractivity contribution in [2.45, 2.75) is 37.8 Å². The van der Waals surface area contributed by atoms with Crippen molar-refractivity contribution in [2.75, 3.05) is 6.54 Å². The van der Waals surface area contributed by atoms with Crippen LogP contribution in [0.25, 0.3) is 1.43 Å². The van der Waals surface area contributed by atoms with Crippen LogP contribution in [0.4, 0.5) is 0 Å². The number of nitrogens with one attached hydrogen (secondary N) is 1. The molecule has 18 heavy (non-hydrogen) atoms. The Morgan fingerprint density at radius 1 is 1.33 bits per heavy atom. The van der Waals surface area contributed by atoms with E-state index in [-0.39, 0.29) is 19.3 Å². The van der Waals surface area contributed by atoms with Gasteiger partial charge in [0.15, 0.2) is 0 Å². The lowest BCUT2D eigenvalue weighted by Gasteiger charge is -2.17. The van der Waals surface area contributed by atoms with Crippen molar-refractivity contribution in [3.8, 4) is 0 Å². The van der Waals surface area contributed by atoms with Gasteiger partial charge in [-0.25, -0.2) is 4.79 Å². The fourth-order valence-corrected chi connectivity index (χ4v) is 1.26. The normalized spacial score (nSPS) is 14.2. The van der Waals surface area contributed by atoms with Crippen molar-refractivity contribution in [3.63, 3.8) is 0 Å². The van der Waals surface area contributed by atoms with Crippen molar-refractivity contribution < 1.29 is 24.6 Å². The number of carboxylic acids is 2. The van der Waals surface area contributed by atoms with Gasteiger partial charge >= 0.3 is 11.9 Å². The average molecular weight is 262 g/mol. The Hall–Kier alpha value is -1.67. The fraction of sp³-hybridized carbons (Fsp3) is 0.700. The number of carbonyl (C=O) groups excluding carboxylic acids is 1. The van der Waals surface area contributed by atoms with Gasteiger partial charge in [0.25, 0.3) is 1.43 Å². The minimum atomic E-state index is -1.06. The topological polar surface area (TPSA) is 156 Å². The molecule has 104 valence electrons. The van der Waals surface area contributed by atoms with E-state index in [4.69, 9.17) is 18.0 Å². The molecule has 0 aromatic carbocycles. The number of hydrogen-bond donors (Lipinski definition) is 5. The molecule has 0 rings (SSSR count). The first-order valence-electron chi connectivity index (χ1n) is 5.98. The molecule has 0 bridgehead atoms. The first kappa shape index (κ1) is 14.4. The lowest BCUT2D eigenvalue weighted by atomic mass is 10.1. The zero-order valence-electron chi connectivity index (χ0n) is 10.9. The highest BCUT2D eigenvalue weighted by atomic mass is 16.4. The maximum atomic E-state index is 11.6. The Morgan fingerprint density at radius 3 is 2.50 bits per heavy atom. The largest absolute Gasteiger partial charge is 0.481 e. The van der Waals surface area contributed by atoms with Gasteiger partial charge in [-0.2, -0.15) is 0 Å². The molecule has 0 aliphatic heterocycles. The summed E-state index contributed by atoms with van der Waals surface area (Å²) in [6.07, 6.45) is 0.404. The molecule has 0 saturated carbocycles. The molecule has 0 unspecified atom stereocenters. The molecule has 0 aromatic heterocycles. The Bertz CT molecular complexity index is 326. The average Bonchev–Trinajstić information content (AvgIpc) is 2.39. The number of amides is 1. The lowest BCUT2D eigenvalue weighted by molar-refractivity contribution is -0.142. The van der Waals surface area contributed by atoms with Crippen LogP contribution >= 0.6 is 0 Å². The van der Waals surface area contributed by atoms with Crippen LogP contribution in [-0.4, -0.2) is 46.7 Å². The third kappa shape index (κ3) is 6.81. The molecule has 0 saturated heterocycles. The molecule has 0 aromatic rings. The molecule has 0 fully saturated rings. The summed E-state index contributed by atoms with van der Waals surface area (Å²) in [5.41, 5.74) is 10.8. The minimum absolute atomic E-state index is 0.0410. The van der Waals surface area contributed by atoms with Gasteiger partial charge in [-0.15, -0.1) is 0 Å². The number of hydrogen-bond acceptors (Lipinski definition) is 6. The van der Waals surface area contributed by atoms with E-state index in [0.29, 0.717) is 13.0 Å². The molecular weight excluding hydrogens is 242 g/mol. The molecule has 0 spiro atoms.